The molecule has 1 heterocycles. The molecule has 0 unspecified atom stereocenters. The zero-order valence-corrected chi connectivity index (χ0v) is 13.4. The Morgan fingerprint density at radius 2 is 2.09 bits per heavy atom. The summed E-state index contributed by atoms with van der Waals surface area (Å²) in [5, 5.41) is 2.55. The Morgan fingerprint density at radius 1 is 1.39 bits per heavy atom. The molecule has 1 N–H and O–H groups in total. The molecule has 1 aliphatic heterocycles. The van der Waals surface area contributed by atoms with E-state index in [2.05, 4.69) is 5.32 Å². The molecule has 6 nitrogen and oxygen atoms in total. The van der Waals surface area contributed by atoms with Gasteiger partial charge in [-0.25, -0.2) is 12.8 Å². The second-order valence-electron chi connectivity index (χ2n) is 5.51. The van der Waals surface area contributed by atoms with Crippen LogP contribution < -0.4 is 5.32 Å². The molecule has 0 spiro atoms. The van der Waals surface area contributed by atoms with E-state index >= 15 is 0 Å². The highest BCUT2D eigenvalue weighted by atomic mass is 32.2. The number of rotatable bonds is 5. The third-order valence-corrected chi connectivity index (χ3v) is 5.32. The molecule has 0 saturated carbocycles. The van der Waals surface area contributed by atoms with Gasteiger partial charge in [-0.1, -0.05) is 18.2 Å². The summed E-state index contributed by atoms with van der Waals surface area (Å²) in [6.45, 7) is 1.39. The van der Waals surface area contributed by atoms with Crippen molar-refractivity contribution < 1.29 is 27.1 Å². The molecule has 1 aliphatic rings. The molecule has 0 bridgehead atoms. The minimum atomic E-state index is -3.10. The van der Waals surface area contributed by atoms with E-state index in [4.69, 9.17) is 4.74 Å². The fourth-order valence-electron chi connectivity index (χ4n) is 2.32. The van der Waals surface area contributed by atoms with Gasteiger partial charge in [0.15, 0.2) is 15.9 Å². The van der Waals surface area contributed by atoms with Gasteiger partial charge in [0.2, 0.25) is 0 Å². The van der Waals surface area contributed by atoms with E-state index in [-0.39, 0.29) is 23.5 Å². The van der Waals surface area contributed by atoms with Crippen LogP contribution in [0.15, 0.2) is 24.3 Å². The van der Waals surface area contributed by atoms with Crippen LogP contribution in [-0.4, -0.2) is 43.9 Å². The molecule has 23 heavy (non-hydrogen) atoms. The topological polar surface area (TPSA) is 89.5 Å². The molecule has 1 fully saturated rings. The van der Waals surface area contributed by atoms with Crippen LogP contribution in [-0.2, 0) is 30.6 Å². The van der Waals surface area contributed by atoms with Gasteiger partial charge >= 0.3 is 5.97 Å². The first-order valence-electron chi connectivity index (χ1n) is 7.20. The highest BCUT2D eigenvalue weighted by Gasteiger charge is 2.30. The number of amides is 1. The molecular weight excluding hydrogens is 325 g/mol. The lowest BCUT2D eigenvalue weighted by molar-refractivity contribution is -0.154. The number of esters is 1. The Kier molecular flexibility index (Phi) is 5.35. The third kappa shape index (κ3) is 5.02. The molecule has 1 amide bonds. The molecule has 126 valence electrons. The van der Waals surface area contributed by atoms with Crippen molar-refractivity contribution in [2.24, 2.45) is 0 Å². The first-order valence-corrected chi connectivity index (χ1v) is 9.02. The molecule has 2 atom stereocenters. The van der Waals surface area contributed by atoms with Crippen molar-refractivity contribution in [3.63, 3.8) is 0 Å². The average molecular weight is 343 g/mol. The van der Waals surface area contributed by atoms with Crippen molar-refractivity contribution in [1.29, 1.82) is 0 Å². The van der Waals surface area contributed by atoms with E-state index in [9.17, 15) is 22.4 Å². The quantitative estimate of drug-likeness (QED) is 0.791. The predicted molar refractivity (Wildman–Crippen MR) is 80.9 cm³/mol. The Labute approximate surface area is 133 Å². The van der Waals surface area contributed by atoms with Crippen LogP contribution in [0, 0.1) is 5.82 Å². The SMILES string of the molecule is C[C@@H](OC(=O)Cc1ccccc1F)C(=O)N[C@H]1CCS(=O)(=O)C1. The number of carbonyl (C=O) groups is 2. The number of hydrogen-bond acceptors (Lipinski definition) is 5. The van der Waals surface area contributed by atoms with Crippen LogP contribution in [0.5, 0.6) is 0 Å². The lowest BCUT2D eigenvalue weighted by Crippen LogP contribution is -2.42. The van der Waals surface area contributed by atoms with Crippen molar-refractivity contribution in [3.8, 4) is 0 Å². The van der Waals surface area contributed by atoms with E-state index in [1.807, 2.05) is 0 Å². The van der Waals surface area contributed by atoms with Gasteiger partial charge in [0.1, 0.15) is 5.82 Å². The van der Waals surface area contributed by atoms with Gasteiger partial charge in [-0.05, 0) is 25.0 Å². The van der Waals surface area contributed by atoms with Crippen molar-refractivity contribution in [2.45, 2.75) is 31.9 Å². The predicted octanol–water partition coefficient (Wildman–Crippen LogP) is 0.603. The van der Waals surface area contributed by atoms with Crippen molar-refractivity contribution >= 4 is 21.7 Å². The second kappa shape index (κ2) is 7.08. The highest BCUT2D eigenvalue weighted by Crippen LogP contribution is 2.12. The van der Waals surface area contributed by atoms with Crippen LogP contribution in [0.4, 0.5) is 4.39 Å². The van der Waals surface area contributed by atoms with E-state index in [1.165, 1.54) is 25.1 Å². The Balaban J connectivity index is 1.84. The maximum absolute atomic E-state index is 13.4. The summed E-state index contributed by atoms with van der Waals surface area (Å²) < 4.78 is 41.1. The first-order chi connectivity index (χ1) is 10.8. The molecule has 1 aromatic rings. The largest absolute Gasteiger partial charge is 0.452 e. The lowest BCUT2D eigenvalue weighted by Gasteiger charge is -2.16. The van der Waals surface area contributed by atoms with Crippen molar-refractivity contribution in [2.75, 3.05) is 11.5 Å². The summed E-state index contributed by atoms with van der Waals surface area (Å²) in [5.41, 5.74) is 0.187. The summed E-state index contributed by atoms with van der Waals surface area (Å²) >= 11 is 0. The Hall–Kier alpha value is -1.96. The van der Waals surface area contributed by atoms with Gasteiger partial charge < -0.3 is 10.1 Å². The Bertz CT molecular complexity index is 704. The minimum absolute atomic E-state index is 0.0411. The van der Waals surface area contributed by atoms with Crippen LogP contribution in [0.1, 0.15) is 18.9 Å². The Morgan fingerprint density at radius 3 is 2.70 bits per heavy atom. The summed E-state index contributed by atoms with van der Waals surface area (Å²) in [6.07, 6.45) is -0.996. The van der Waals surface area contributed by atoms with Gasteiger partial charge in [0, 0.05) is 6.04 Å². The molecule has 1 aromatic carbocycles. The minimum Gasteiger partial charge on any atom is -0.452 e. The molecule has 0 aliphatic carbocycles. The van der Waals surface area contributed by atoms with E-state index in [0.29, 0.717) is 6.42 Å². The number of halogens is 1. The second-order valence-corrected chi connectivity index (χ2v) is 7.74. The first kappa shape index (κ1) is 17.4. The van der Waals surface area contributed by atoms with Gasteiger partial charge in [0.05, 0.1) is 17.9 Å². The third-order valence-electron chi connectivity index (χ3n) is 3.55. The van der Waals surface area contributed by atoms with Crippen LogP contribution >= 0.6 is 0 Å². The summed E-state index contributed by atoms with van der Waals surface area (Å²) in [7, 11) is -3.10. The molecule has 2 rings (SSSR count). The number of hydrogen-bond donors (Lipinski definition) is 1. The monoisotopic (exact) mass is 343 g/mol. The lowest BCUT2D eigenvalue weighted by atomic mass is 10.1. The van der Waals surface area contributed by atoms with Crippen molar-refractivity contribution in [3.05, 3.63) is 35.6 Å². The molecular formula is C15H18FNO5S. The molecule has 0 radical (unpaired) electrons. The summed E-state index contributed by atoms with van der Waals surface area (Å²) in [4.78, 5) is 23.7. The smallest absolute Gasteiger partial charge is 0.311 e. The van der Waals surface area contributed by atoms with E-state index in [1.54, 1.807) is 6.07 Å². The molecule has 8 heteroatoms. The number of ether oxygens (including phenoxy) is 1. The van der Waals surface area contributed by atoms with Crippen LogP contribution in [0.25, 0.3) is 0 Å². The molecule has 0 aromatic heterocycles. The highest BCUT2D eigenvalue weighted by molar-refractivity contribution is 7.91. The summed E-state index contributed by atoms with van der Waals surface area (Å²) in [5.74, 6) is -1.86. The standard InChI is InChI=1S/C15H18FNO5S/c1-10(15(19)17-12-6-7-23(20,21)9-12)22-14(18)8-11-4-2-3-5-13(11)16/h2-5,10,12H,6-9H2,1H3,(H,17,19)/t10-,12+/m1/s1. The zero-order chi connectivity index (χ0) is 17.0. The van der Waals surface area contributed by atoms with Gasteiger partial charge in [-0.3, -0.25) is 9.59 Å². The summed E-state index contributed by atoms with van der Waals surface area (Å²) in [6, 6.07) is 5.35. The average Bonchev–Trinajstić information content (AvgIpc) is 2.80. The zero-order valence-electron chi connectivity index (χ0n) is 12.6. The number of benzene rings is 1. The number of nitrogens with one attached hydrogen (secondary N) is 1. The van der Waals surface area contributed by atoms with E-state index < -0.39 is 39.7 Å². The fourth-order valence-corrected chi connectivity index (χ4v) is 3.99. The maximum atomic E-state index is 13.4. The van der Waals surface area contributed by atoms with Gasteiger partial charge in [-0.2, -0.15) is 0 Å². The number of carbonyl (C=O) groups excluding carboxylic acids is 2. The normalized spacial score (nSPS) is 20.7. The van der Waals surface area contributed by atoms with Crippen LogP contribution in [0.2, 0.25) is 0 Å². The maximum Gasteiger partial charge on any atom is 0.311 e. The van der Waals surface area contributed by atoms with Gasteiger partial charge in [-0.15, -0.1) is 0 Å². The van der Waals surface area contributed by atoms with Crippen molar-refractivity contribution in [1.82, 2.24) is 5.32 Å². The van der Waals surface area contributed by atoms with Crippen LogP contribution in [0.3, 0.4) is 0 Å². The van der Waals surface area contributed by atoms with E-state index in [0.717, 1.165) is 0 Å². The fraction of sp³-hybridized carbons (Fsp3) is 0.467. The molecule has 1 saturated heterocycles. The number of sulfone groups is 1. The van der Waals surface area contributed by atoms with Gasteiger partial charge in [0.25, 0.3) is 5.91 Å².